The molecule has 5 nitrogen and oxygen atoms in total. The number of aromatic nitrogens is 4. The predicted octanol–water partition coefficient (Wildman–Crippen LogP) is 11.6. The third-order valence-electron chi connectivity index (χ3n) is 10.3. The molecule has 0 bridgehead atoms. The number of fused-ring (bicyclic) bond motifs is 8. The number of hydrogen-bond acceptors (Lipinski definition) is 2. The van der Waals surface area contributed by atoms with Crippen LogP contribution < -0.4 is 0 Å². The highest BCUT2D eigenvalue weighted by Gasteiger charge is 2.22. The standard InChI is InChI=1S/C44H38N4O/c1-3-5-14-29(4-2)30-15-12-16-31(27-30)34-28-32(25-26-42(34)49)46-36-19-8-6-17-33(36)43-40(46)23-13-24-41(43)48-39-22-11-10-21-38(39)47-37-20-9-7-18-35(37)45-44(47)48/h6-13,15-29,49H,3-5,14H2,1-2H3. The van der Waals surface area contributed by atoms with Crippen LogP contribution in [0.4, 0.5) is 0 Å². The number of aromatic hydroxyl groups is 1. The fourth-order valence-corrected chi connectivity index (χ4v) is 7.96. The number of phenols is 1. The topological polar surface area (TPSA) is 47.4 Å². The maximum atomic E-state index is 11.2. The van der Waals surface area contributed by atoms with Crippen LogP contribution in [0, 0.1) is 0 Å². The van der Waals surface area contributed by atoms with E-state index in [1.807, 2.05) is 18.2 Å². The third-order valence-corrected chi connectivity index (χ3v) is 10.3. The summed E-state index contributed by atoms with van der Waals surface area (Å²) < 4.78 is 6.92. The first kappa shape index (κ1) is 29.3. The number of nitrogens with zero attached hydrogens (tertiary/aromatic N) is 4. The van der Waals surface area contributed by atoms with Crippen LogP contribution >= 0.6 is 0 Å². The number of imidazole rings is 2. The van der Waals surface area contributed by atoms with Crippen LogP contribution in [0.1, 0.15) is 51.0 Å². The average Bonchev–Trinajstić information content (AvgIpc) is 3.79. The van der Waals surface area contributed by atoms with Gasteiger partial charge in [-0.1, -0.05) is 99.5 Å². The van der Waals surface area contributed by atoms with Gasteiger partial charge in [0.2, 0.25) is 5.78 Å². The molecule has 0 aliphatic rings. The molecule has 1 atom stereocenters. The van der Waals surface area contributed by atoms with Crippen LogP contribution in [0.2, 0.25) is 0 Å². The Balaban J connectivity index is 1.28. The molecular formula is C44H38N4O. The predicted molar refractivity (Wildman–Crippen MR) is 204 cm³/mol. The van der Waals surface area contributed by atoms with Crippen molar-refractivity contribution in [2.45, 2.75) is 45.4 Å². The van der Waals surface area contributed by atoms with E-state index in [9.17, 15) is 5.11 Å². The Kier molecular flexibility index (Phi) is 7.01. The fraction of sp³-hybridized carbons (Fsp3) is 0.159. The summed E-state index contributed by atoms with van der Waals surface area (Å²) in [5, 5.41) is 13.6. The molecule has 0 aliphatic heterocycles. The van der Waals surface area contributed by atoms with Crippen LogP contribution in [0.15, 0.2) is 133 Å². The average molecular weight is 639 g/mol. The van der Waals surface area contributed by atoms with E-state index in [0.29, 0.717) is 5.92 Å². The SMILES string of the molecule is CCCCC(CC)c1cccc(-c2cc(-n3c4ccccc4c4c(-n5c6ccccc6n6c7ccccc7nc56)cccc43)ccc2O)c1. The van der Waals surface area contributed by atoms with Crippen molar-refractivity contribution in [3.63, 3.8) is 0 Å². The minimum atomic E-state index is 0.288. The molecule has 0 fully saturated rings. The smallest absolute Gasteiger partial charge is 0.220 e. The molecular weight excluding hydrogens is 601 g/mol. The molecule has 0 saturated carbocycles. The summed E-state index contributed by atoms with van der Waals surface area (Å²) in [5.74, 6) is 1.70. The molecule has 240 valence electrons. The van der Waals surface area contributed by atoms with E-state index >= 15 is 0 Å². The lowest BCUT2D eigenvalue weighted by Crippen LogP contribution is -1.99. The number of benzene rings is 6. The number of hydrogen-bond donors (Lipinski definition) is 1. The van der Waals surface area contributed by atoms with E-state index in [0.717, 1.165) is 73.2 Å². The highest BCUT2D eigenvalue weighted by molar-refractivity contribution is 6.14. The molecule has 6 aromatic carbocycles. The zero-order chi connectivity index (χ0) is 33.1. The first-order valence-corrected chi connectivity index (χ1v) is 17.5. The van der Waals surface area contributed by atoms with Crippen LogP contribution in [-0.2, 0) is 0 Å². The Bertz CT molecular complexity index is 2670. The quantitative estimate of drug-likeness (QED) is 0.180. The van der Waals surface area contributed by atoms with Gasteiger partial charge in [0.15, 0.2) is 0 Å². The summed E-state index contributed by atoms with van der Waals surface area (Å²) in [5.41, 5.74) is 11.8. The number of rotatable bonds is 8. The first-order valence-electron chi connectivity index (χ1n) is 17.5. The van der Waals surface area contributed by atoms with Crippen molar-refractivity contribution >= 4 is 49.7 Å². The van der Waals surface area contributed by atoms with Gasteiger partial charge in [0.05, 0.1) is 38.8 Å². The van der Waals surface area contributed by atoms with Gasteiger partial charge in [0.25, 0.3) is 0 Å². The van der Waals surface area contributed by atoms with Gasteiger partial charge in [0, 0.05) is 22.0 Å². The van der Waals surface area contributed by atoms with E-state index in [-0.39, 0.29) is 5.75 Å². The minimum Gasteiger partial charge on any atom is -0.507 e. The van der Waals surface area contributed by atoms with Crippen molar-refractivity contribution in [1.82, 2.24) is 18.5 Å². The zero-order valence-electron chi connectivity index (χ0n) is 27.8. The summed E-state index contributed by atoms with van der Waals surface area (Å²) in [7, 11) is 0. The van der Waals surface area contributed by atoms with Gasteiger partial charge in [-0.3, -0.25) is 8.97 Å². The van der Waals surface area contributed by atoms with Gasteiger partial charge < -0.3 is 9.67 Å². The second kappa shape index (κ2) is 11.7. The van der Waals surface area contributed by atoms with Crippen LogP contribution in [0.5, 0.6) is 5.75 Å². The summed E-state index contributed by atoms with van der Waals surface area (Å²) >= 11 is 0. The molecule has 0 amide bonds. The van der Waals surface area contributed by atoms with Crippen LogP contribution in [0.25, 0.3) is 72.2 Å². The van der Waals surface area contributed by atoms with Crippen molar-refractivity contribution in [2.75, 3.05) is 0 Å². The molecule has 1 unspecified atom stereocenters. The number of unbranched alkanes of at least 4 members (excludes halogenated alkanes) is 1. The third kappa shape index (κ3) is 4.56. The van der Waals surface area contributed by atoms with Crippen molar-refractivity contribution in [3.05, 3.63) is 139 Å². The second-order valence-corrected chi connectivity index (χ2v) is 13.2. The molecule has 3 heterocycles. The number of para-hydroxylation sites is 5. The Morgan fingerprint density at radius 1 is 0.653 bits per heavy atom. The second-order valence-electron chi connectivity index (χ2n) is 13.2. The van der Waals surface area contributed by atoms with E-state index in [2.05, 4.69) is 143 Å². The van der Waals surface area contributed by atoms with Crippen molar-refractivity contribution < 1.29 is 5.11 Å². The van der Waals surface area contributed by atoms with Crippen molar-refractivity contribution in [3.8, 4) is 28.3 Å². The molecule has 5 heteroatoms. The molecule has 9 rings (SSSR count). The van der Waals surface area contributed by atoms with Crippen molar-refractivity contribution in [1.29, 1.82) is 0 Å². The van der Waals surface area contributed by atoms with Crippen molar-refractivity contribution in [2.24, 2.45) is 0 Å². The van der Waals surface area contributed by atoms with E-state index in [4.69, 9.17) is 4.98 Å². The van der Waals surface area contributed by atoms with E-state index < -0.39 is 0 Å². The largest absolute Gasteiger partial charge is 0.507 e. The molecule has 0 radical (unpaired) electrons. The maximum Gasteiger partial charge on any atom is 0.220 e. The summed E-state index contributed by atoms with van der Waals surface area (Å²) in [6, 6.07) is 46.9. The Morgan fingerprint density at radius 2 is 1.39 bits per heavy atom. The molecule has 9 aromatic rings. The summed E-state index contributed by atoms with van der Waals surface area (Å²) in [6.45, 7) is 4.53. The molecule has 3 aromatic heterocycles. The normalized spacial score (nSPS) is 12.6. The highest BCUT2D eigenvalue weighted by Crippen LogP contribution is 2.41. The van der Waals surface area contributed by atoms with E-state index in [1.165, 1.54) is 30.2 Å². The van der Waals surface area contributed by atoms with Gasteiger partial charge in [-0.05, 0) is 90.6 Å². The fourth-order valence-electron chi connectivity index (χ4n) is 7.96. The number of phenolic OH excluding ortho intramolecular Hbond substituents is 1. The molecule has 0 spiro atoms. The highest BCUT2D eigenvalue weighted by atomic mass is 16.3. The Labute approximate surface area is 285 Å². The summed E-state index contributed by atoms with van der Waals surface area (Å²) in [6.07, 6.45) is 4.71. The zero-order valence-corrected chi connectivity index (χ0v) is 27.8. The van der Waals surface area contributed by atoms with Crippen LogP contribution in [-0.4, -0.2) is 23.6 Å². The van der Waals surface area contributed by atoms with Crippen LogP contribution in [0.3, 0.4) is 0 Å². The minimum absolute atomic E-state index is 0.288. The van der Waals surface area contributed by atoms with Gasteiger partial charge >= 0.3 is 0 Å². The van der Waals surface area contributed by atoms with Gasteiger partial charge in [-0.15, -0.1) is 0 Å². The van der Waals surface area contributed by atoms with Gasteiger partial charge in [-0.2, -0.15) is 0 Å². The summed E-state index contributed by atoms with van der Waals surface area (Å²) in [4.78, 5) is 5.17. The molecule has 0 saturated heterocycles. The molecule has 49 heavy (non-hydrogen) atoms. The van der Waals surface area contributed by atoms with E-state index in [1.54, 1.807) is 0 Å². The lowest BCUT2D eigenvalue weighted by Gasteiger charge is -2.17. The first-order chi connectivity index (χ1) is 24.2. The lowest BCUT2D eigenvalue weighted by molar-refractivity contribution is 0.477. The maximum absolute atomic E-state index is 11.2. The monoisotopic (exact) mass is 638 g/mol. The Hall–Kier alpha value is -5.81. The molecule has 0 aliphatic carbocycles. The lowest BCUT2D eigenvalue weighted by atomic mass is 9.89. The molecule has 1 N–H and O–H groups in total. The van der Waals surface area contributed by atoms with Gasteiger partial charge in [-0.25, -0.2) is 4.98 Å². The Morgan fingerprint density at radius 3 is 2.22 bits per heavy atom. The van der Waals surface area contributed by atoms with Gasteiger partial charge in [0.1, 0.15) is 5.75 Å².